The molecule has 132 valence electrons. The Kier molecular flexibility index (Phi) is 5.38. The molecule has 3 aromatic rings. The molecule has 0 atom stereocenters. The third-order valence-electron chi connectivity index (χ3n) is 3.57. The lowest BCUT2D eigenvalue weighted by molar-refractivity contribution is -0.115. The maximum absolute atomic E-state index is 12.9. The number of carbonyl (C=O) groups is 1. The number of hydrogen-bond acceptors (Lipinski definition) is 5. The van der Waals surface area contributed by atoms with Gasteiger partial charge >= 0.3 is 0 Å². The van der Waals surface area contributed by atoms with Gasteiger partial charge in [0.15, 0.2) is 11.6 Å². The number of rotatable bonds is 6. The standard InChI is InChI=1S/C19H17FN4O2/c1-26-16-8-6-15(7-9-16)21-17-10-11-18(24-23-17)22-19(25)12-13-2-4-14(20)5-3-13/h2-11H,12H2,1H3,(H,21,23)(H,22,24,25). The van der Waals surface area contributed by atoms with Crippen molar-refractivity contribution in [1.29, 1.82) is 0 Å². The molecular weight excluding hydrogens is 335 g/mol. The fourth-order valence-electron chi connectivity index (χ4n) is 2.26. The summed E-state index contributed by atoms with van der Waals surface area (Å²) in [6.07, 6.45) is 0.133. The van der Waals surface area contributed by atoms with Gasteiger partial charge in [0, 0.05) is 5.69 Å². The predicted octanol–water partition coefficient (Wildman–Crippen LogP) is 3.55. The molecule has 0 saturated carbocycles. The Balaban J connectivity index is 1.56. The first-order valence-electron chi connectivity index (χ1n) is 7.91. The molecule has 26 heavy (non-hydrogen) atoms. The van der Waals surface area contributed by atoms with Crippen LogP contribution in [0.4, 0.5) is 21.7 Å². The van der Waals surface area contributed by atoms with E-state index < -0.39 is 0 Å². The lowest BCUT2D eigenvalue weighted by atomic mass is 10.1. The van der Waals surface area contributed by atoms with Crippen molar-refractivity contribution in [1.82, 2.24) is 10.2 Å². The van der Waals surface area contributed by atoms with Gasteiger partial charge in [-0.3, -0.25) is 4.79 Å². The van der Waals surface area contributed by atoms with Gasteiger partial charge in [0.25, 0.3) is 0 Å². The highest BCUT2D eigenvalue weighted by Crippen LogP contribution is 2.18. The molecule has 0 aliphatic heterocycles. The Morgan fingerprint density at radius 3 is 2.23 bits per heavy atom. The molecule has 1 aromatic heterocycles. The van der Waals surface area contributed by atoms with Gasteiger partial charge in [-0.2, -0.15) is 0 Å². The Hall–Kier alpha value is -3.48. The van der Waals surface area contributed by atoms with E-state index in [-0.39, 0.29) is 18.1 Å². The van der Waals surface area contributed by atoms with Crippen molar-refractivity contribution in [2.45, 2.75) is 6.42 Å². The molecule has 1 amide bonds. The highest BCUT2D eigenvalue weighted by Gasteiger charge is 2.06. The van der Waals surface area contributed by atoms with Gasteiger partial charge in [-0.15, -0.1) is 10.2 Å². The van der Waals surface area contributed by atoms with Crippen molar-refractivity contribution in [2.24, 2.45) is 0 Å². The summed E-state index contributed by atoms with van der Waals surface area (Å²) in [6.45, 7) is 0. The minimum absolute atomic E-state index is 0.133. The second kappa shape index (κ2) is 8.06. The van der Waals surface area contributed by atoms with Crippen LogP contribution in [0.25, 0.3) is 0 Å². The van der Waals surface area contributed by atoms with E-state index in [0.29, 0.717) is 11.6 Å². The summed E-state index contributed by atoms with van der Waals surface area (Å²) in [5.74, 6) is 1.08. The zero-order valence-corrected chi connectivity index (χ0v) is 14.1. The fourth-order valence-corrected chi connectivity index (χ4v) is 2.26. The maximum atomic E-state index is 12.9. The van der Waals surface area contributed by atoms with Gasteiger partial charge < -0.3 is 15.4 Å². The number of methoxy groups -OCH3 is 1. The van der Waals surface area contributed by atoms with Gasteiger partial charge in [0.05, 0.1) is 13.5 Å². The summed E-state index contributed by atoms with van der Waals surface area (Å²) >= 11 is 0. The predicted molar refractivity (Wildman–Crippen MR) is 97.0 cm³/mol. The first-order valence-corrected chi connectivity index (χ1v) is 7.91. The number of aromatic nitrogens is 2. The van der Waals surface area contributed by atoms with E-state index >= 15 is 0 Å². The molecule has 2 aromatic carbocycles. The van der Waals surface area contributed by atoms with E-state index in [1.165, 1.54) is 12.1 Å². The Morgan fingerprint density at radius 2 is 1.62 bits per heavy atom. The first-order chi connectivity index (χ1) is 12.6. The normalized spacial score (nSPS) is 10.2. The second-order valence-corrected chi connectivity index (χ2v) is 5.51. The molecule has 1 heterocycles. The van der Waals surface area contributed by atoms with Crippen LogP contribution in [0.2, 0.25) is 0 Å². The van der Waals surface area contributed by atoms with E-state index in [9.17, 15) is 9.18 Å². The lowest BCUT2D eigenvalue weighted by Gasteiger charge is -2.07. The van der Waals surface area contributed by atoms with E-state index in [1.54, 1.807) is 31.4 Å². The summed E-state index contributed by atoms with van der Waals surface area (Å²) < 4.78 is 18.0. The van der Waals surface area contributed by atoms with E-state index in [1.807, 2.05) is 24.3 Å². The van der Waals surface area contributed by atoms with Crippen molar-refractivity contribution in [3.05, 3.63) is 72.0 Å². The Bertz CT molecular complexity index is 866. The van der Waals surface area contributed by atoms with Gasteiger partial charge in [0.1, 0.15) is 11.6 Å². The van der Waals surface area contributed by atoms with Crippen molar-refractivity contribution in [2.75, 3.05) is 17.7 Å². The summed E-state index contributed by atoms with van der Waals surface area (Å²) in [6, 6.07) is 16.5. The Morgan fingerprint density at radius 1 is 0.962 bits per heavy atom. The highest BCUT2D eigenvalue weighted by atomic mass is 19.1. The summed E-state index contributed by atoms with van der Waals surface area (Å²) in [7, 11) is 1.61. The minimum atomic E-state index is -0.333. The molecule has 3 rings (SSSR count). The number of anilines is 3. The topological polar surface area (TPSA) is 76.1 Å². The SMILES string of the molecule is COc1ccc(Nc2ccc(NC(=O)Cc3ccc(F)cc3)nn2)cc1. The quantitative estimate of drug-likeness (QED) is 0.709. The molecule has 0 unspecified atom stereocenters. The monoisotopic (exact) mass is 352 g/mol. The number of carbonyl (C=O) groups excluding carboxylic acids is 1. The third-order valence-corrected chi connectivity index (χ3v) is 3.57. The molecule has 6 nitrogen and oxygen atoms in total. The number of nitrogens with one attached hydrogen (secondary N) is 2. The maximum Gasteiger partial charge on any atom is 0.229 e. The van der Waals surface area contributed by atoms with Crippen LogP contribution in [-0.4, -0.2) is 23.2 Å². The molecule has 0 aliphatic carbocycles. The van der Waals surface area contributed by atoms with Crippen LogP contribution in [0, 0.1) is 5.82 Å². The van der Waals surface area contributed by atoms with Crippen LogP contribution in [-0.2, 0) is 11.2 Å². The van der Waals surface area contributed by atoms with Crippen LogP contribution in [0.15, 0.2) is 60.7 Å². The van der Waals surface area contributed by atoms with Crippen LogP contribution in [0.3, 0.4) is 0 Å². The average molecular weight is 352 g/mol. The largest absolute Gasteiger partial charge is 0.497 e. The van der Waals surface area contributed by atoms with Crippen LogP contribution in [0.1, 0.15) is 5.56 Å². The molecule has 2 N–H and O–H groups in total. The third kappa shape index (κ3) is 4.76. The van der Waals surface area contributed by atoms with Crippen molar-refractivity contribution < 1.29 is 13.9 Å². The number of benzene rings is 2. The van der Waals surface area contributed by atoms with Crippen molar-refractivity contribution >= 4 is 23.2 Å². The molecule has 0 spiro atoms. The molecule has 0 fully saturated rings. The lowest BCUT2D eigenvalue weighted by Crippen LogP contribution is -2.15. The number of hydrogen-bond donors (Lipinski definition) is 2. The molecular formula is C19H17FN4O2. The molecule has 0 bridgehead atoms. The second-order valence-electron chi connectivity index (χ2n) is 5.51. The van der Waals surface area contributed by atoms with E-state index in [0.717, 1.165) is 17.0 Å². The van der Waals surface area contributed by atoms with Gasteiger partial charge in [-0.05, 0) is 54.1 Å². The fraction of sp³-hybridized carbons (Fsp3) is 0.105. The summed E-state index contributed by atoms with van der Waals surface area (Å²) in [5, 5.41) is 13.8. The van der Waals surface area contributed by atoms with Gasteiger partial charge in [0.2, 0.25) is 5.91 Å². The number of nitrogens with zero attached hydrogens (tertiary/aromatic N) is 2. The van der Waals surface area contributed by atoms with Crippen LogP contribution < -0.4 is 15.4 Å². The van der Waals surface area contributed by atoms with Crippen molar-refractivity contribution in [3.63, 3.8) is 0 Å². The minimum Gasteiger partial charge on any atom is -0.497 e. The van der Waals surface area contributed by atoms with Crippen LogP contribution >= 0.6 is 0 Å². The van der Waals surface area contributed by atoms with Gasteiger partial charge in [-0.25, -0.2) is 4.39 Å². The molecule has 0 radical (unpaired) electrons. The Labute approximate surface area is 150 Å². The van der Waals surface area contributed by atoms with E-state index in [2.05, 4.69) is 20.8 Å². The zero-order chi connectivity index (χ0) is 18.4. The highest BCUT2D eigenvalue weighted by molar-refractivity contribution is 5.91. The van der Waals surface area contributed by atoms with E-state index in [4.69, 9.17) is 4.74 Å². The molecule has 7 heteroatoms. The summed E-state index contributed by atoms with van der Waals surface area (Å²) in [5.41, 5.74) is 1.56. The van der Waals surface area contributed by atoms with Gasteiger partial charge in [-0.1, -0.05) is 12.1 Å². The zero-order valence-electron chi connectivity index (χ0n) is 14.1. The molecule has 0 aliphatic rings. The van der Waals surface area contributed by atoms with Crippen LogP contribution in [0.5, 0.6) is 5.75 Å². The number of halogens is 1. The molecule has 0 saturated heterocycles. The number of amides is 1. The summed E-state index contributed by atoms with van der Waals surface area (Å²) in [4.78, 5) is 12.0. The van der Waals surface area contributed by atoms with Crippen molar-refractivity contribution in [3.8, 4) is 5.75 Å². The first kappa shape index (κ1) is 17.3. The average Bonchev–Trinajstić information content (AvgIpc) is 2.66. The number of ether oxygens (including phenoxy) is 1. The smallest absolute Gasteiger partial charge is 0.229 e.